The van der Waals surface area contributed by atoms with Gasteiger partial charge in [0.15, 0.2) is 0 Å². The Morgan fingerprint density at radius 3 is 2.19 bits per heavy atom. The van der Waals surface area contributed by atoms with Crippen LogP contribution in [0.4, 0.5) is 0 Å². The number of halogens is 2. The van der Waals surface area contributed by atoms with E-state index in [4.69, 9.17) is 23.2 Å². The maximum atomic E-state index is 12.9. The van der Waals surface area contributed by atoms with Crippen LogP contribution in [0.5, 0.6) is 0 Å². The number of nitrogens with zero attached hydrogens (tertiary/aromatic N) is 1. The summed E-state index contributed by atoms with van der Waals surface area (Å²) in [4.78, 5) is 24.5. The normalized spacial score (nSPS) is 14.8. The van der Waals surface area contributed by atoms with Crippen LogP contribution >= 0.6 is 23.2 Å². The second-order valence-electron chi connectivity index (χ2n) is 7.10. The van der Waals surface area contributed by atoms with Crippen molar-refractivity contribution in [2.75, 3.05) is 26.2 Å². The third-order valence-corrected chi connectivity index (χ3v) is 7.65. The molecule has 0 spiro atoms. The molecule has 0 bridgehead atoms. The zero-order valence-corrected chi connectivity index (χ0v) is 19.1. The zero-order chi connectivity index (χ0) is 22.4. The van der Waals surface area contributed by atoms with Gasteiger partial charge in [0.2, 0.25) is 10.0 Å². The largest absolute Gasteiger partial charge is 0.350 e. The van der Waals surface area contributed by atoms with E-state index >= 15 is 0 Å². The summed E-state index contributed by atoms with van der Waals surface area (Å²) >= 11 is 12.1. The van der Waals surface area contributed by atoms with Gasteiger partial charge in [-0.2, -0.15) is 4.31 Å². The fraction of sp³-hybridized carbons (Fsp3) is 0.333. The molecule has 2 N–H and O–H groups in total. The van der Waals surface area contributed by atoms with Gasteiger partial charge in [-0.05, 0) is 43.2 Å². The average molecular weight is 484 g/mol. The van der Waals surface area contributed by atoms with Crippen molar-refractivity contribution in [2.24, 2.45) is 0 Å². The van der Waals surface area contributed by atoms with Crippen molar-refractivity contribution in [3.8, 4) is 0 Å². The molecule has 0 unspecified atom stereocenters. The summed E-state index contributed by atoms with van der Waals surface area (Å²) in [6, 6.07) is 10.8. The Morgan fingerprint density at radius 1 is 0.871 bits per heavy atom. The summed E-state index contributed by atoms with van der Waals surface area (Å²) in [6.45, 7) is 1.23. The number of hydrogen-bond donors (Lipinski definition) is 2. The van der Waals surface area contributed by atoms with E-state index in [-0.39, 0.29) is 34.5 Å². The van der Waals surface area contributed by atoms with Gasteiger partial charge in [-0.15, -0.1) is 0 Å². The van der Waals surface area contributed by atoms with E-state index in [2.05, 4.69) is 10.6 Å². The highest BCUT2D eigenvalue weighted by Gasteiger charge is 2.28. The lowest BCUT2D eigenvalue weighted by atomic mass is 10.2. The Bertz CT molecular complexity index is 1070. The van der Waals surface area contributed by atoms with Crippen LogP contribution in [0, 0.1) is 0 Å². The fourth-order valence-corrected chi connectivity index (χ4v) is 5.52. The second-order valence-corrected chi connectivity index (χ2v) is 9.82. The molecule has 10 heteroatoms. The highest BCUT2D eigenvalue weighted by molar-refractivity contribution is 7.89. The SMILES string of the molecule is O=C(NCCNC(=O)c1ccccc1Cl)c1ccc(Cl)c(S(=O)(=O)N2CCCCC2)c1. The Morgan fingerprint density at radius 2 is 1.52 bits per heavy atom. The monoisotopic (exact) mass is 483 g/mol. The minimum Gasteiger partial charge on any atom is -0.350 e. The standard InChI is InChI=1S/C21H23Cl2N3O4S/c22-17-7-3-2-6-16(17)21(28)25-11-10-24-20(27)15-8-9-18(23)19(14-15)31(29,30)26-12-4-1-5-13-26/h2-3,6-9,14H,1,4-5,10-13H2,(H,24,27)(H,25,28). The molecular weight excluding hydrogens is 461 g/mol. The van der Waals surface area contributed by atoms with E-state index in [1.165, 1.54) is 22.5 Å². The van der Waals surface area contributed by atoms with Gasteiger partial charge in [-0.25, -0.2) is 8.42 Å². The molecule has 1 saturated heterocycles. The summed E-state index contributed by atoms with van der Waals surface area (Å²) < 4.78 is 27.3. The van der Waals surface area contributed by atoms with Crippen molar-refractivity contribution in [1.82, 2.24) is 14.9 Å². The van der Waals surface area contributed by atoms with Gasteiger partial charge in [0.05, 0.1) is 15.6 Å². The van der Waals surface area contributed by atoms with Gasteiger partial charge in [0, 0.05) is 31.7 Å². The minimum absolute atomic E-state index is 0.0734. The third kappa shape index (κ3) is 5.77. The van der Waals surface area contributed by atoms with Crippen molar-refractivity contribution in [3.05, 3.63) is 63.6 Å². The molecule has 166 valence electrons. The fourth-order valence-electron chi connectivity index (χ4n) is 3.28. The molecule has 1 aliphatic heterocycles. The van der Waals surface area contributed by atoms with Crippen LogP contribution < -0.4 is 10.6 Å². The number of nitrogens with one attached hydrogen (secondary N) is 2. The molecule has 7 nitrogen and oxygen atoms in total. The molecule has 0 aliphatic carbocycles. The van der Waals surface area contributed by atoms with Crippen LogP contribution in [0.15, 0.2) is 47.4 Å². The molecule has 2 aromatic rings. The van der Waals surface area contributed by atoms with Gasteiger partial charge in [0.1, 0.15) is 4.90 Å². The van der Waals surface area contributed by atoms with Crippen LogP contribution in [0.1, 0.15) is 40.0 Å². The predicted octanol–water partition coefficient (Wildman–Crippen LogP) is 3.33. The number of carbonyl (C=O) groups is 2. The molecule has 2 aromatic carbocycles. The molecule has 1 aliphatic rings. The quantitative estimate of drug-likeness (QED) is 0.590. The van der Waals surface area contributed by atoms with E-state index in [1.807, 2.05) is 0 Å². The maximum Gasteiger partial charge on any atom is 0.252 e. The number of benzene rings is 2. The first kappa shape index (κ1) is 23.5. The molecular formula is C21H23Cl2N3O4S. The maximum absolute atomic E-state index is 12.9. The molecule has 31 heavy (non-hydrogen) atoms. The number of hydrogen-bond acceptors (Lipinski definition) is 4. The number of rotatable bonds is 7. The van der Waals surface area contributed by atoms with Gasteiger partial charge in [-0.1, -0.05) is 41.8 Å². The number of carbonyl (C=O) groups excluding carboxylic acids is 2. The van der Waals surface area contributed by atoms with Gasteiger partial charge in [-0.3, -0.25) is 9.59 Å². The third-order valence-electron chi connectivity index (χ3n) is 4.94. The van der Waals surface area contributed by atoms with E-state index in [1.54, 1.807) is 24.3 Å². The molecule has 1 heterocycles. The van der Waals surface area contributed by atoms with E-state index in [0.29, 0.717) is 23.7 Å². The molecule has 0 atom stereocenters. The summed E-state index contributed by atoms with van der Waals surface area (Å²) in [5.41, 5.74) is 0.526. The van der Waals surface area contributed by atoms with Crippen molar-refractivity contribution in [3.63, 3.8) is 0 Å². The van der Waals surface area contributed by atoms with Gasteiger partial charge < -0.3 is 10.6 Å². The zero-order valence-electron chi connectivity index (χ0n) is 16.7. The summed E-state index contributed by atoms with van der Waals surface area (Å²) in [5, 5.41) is 5.75. The Labute approximate surface area is 191 Å². The molecule has 0 radical (unpaired) electrons. The highest BCUT2D eigenvalue weighted by atomic mass is 35.5. The molecule has 1 fully saturated rings. The molecule has 2 amide bonds. The smallest absolute Gasteiger partial charge is 0.252 e. The van der Waals surface area contributed by atoms with E-state index < -0.39 is 15.9 Å². The van der Waals surface area contributed by atoms with Crippen molar-refractivity contribution in [2.45, 2.75) is 24.2 Å². The van der Waals surface area contributed by atoms with Crippen LogP contribution in [0.3, 0.4) is 0 Å². The Balaban J connectivity index is 1.60. The van der Waals surface area contributed by atoms with Crippen LogP contribution in [-0.4, -0.2) is 50.7 Å². The average Bonchev–Trinajstić information content (AvgIpc) is 2.77. The first-order valence-electron chi connectivity index (χ1n) is 9.91. The first-order valence-corrected chi connectivity index (χ1v) is 12.1. The molecule has 3 rings (SSSR count). The lowest BCUT2D eigenvalue weighted by Gasteiger charge is -2.26. The first-order chi connectivity index (χ1) is 14.8. The van der Waals surface area contributed by atoms with E-state index in [0.717, 1.165) is 19.3 Å². The lowest BCUT2D eigenvalue weighted by molar-refractivity contribution is 0.0927. The molecule has 0 aromatic heterocycles. The second kappa shape index (κ2) is 10.5. The van der Waals surface area contributed by atoms with Crippen LogP contribution in [0.25, 0.3) is 0 Å². The number of piperidine rings is 1. The lowest BCUT2D eigenvalue weighted by Crippen LogP contribution is -2.36. The summed E-state index contributed by atoms with van der Waals surface area (Å²) in [7, 11) is -3.77. The van der Waals surface area contributed by atoms with Crippen LogP contribution in [0.2, 0.25) is 10.0 Å². The highest BCUT2D eigenvalue weighted by Crippen LogP contribution is 2.27. The topological polar surface area (TPSA) is 95.6 Å². The van der Waals surface area contributed by atoms with Gasteiger partial charge in [0.25, 0.3) is 11.8 Å². The molecule has 0 saturated carbocycles. The Kier molecular flexibility index (Phi) is 7.94. The van der Waals surface area contributed by atoms with Crippen LogP contribution in [-0.2, 0) is 10.0 Å². The summed E-state index contributed by atoms with van der Waals surface area (Å²) in [5.74, 6) is -0.806. The number of sulfonamides is 1. The number of amides is 2. The van der Waals surface area contributed by atoms with Gasteiger partial charge >= 0.3 is 0 Å². The minimum atomic E-state index is -3.77. The Hall–Kier alpha value is -2.13. The summed E-state index contributed by atoms with van der Waals surface area (Å²) in [6.07, 6.45) is 2.60. The van der Waals surface area contributed by atoms with Crippen molar-refractivity contribution in [1.29, 1.82) is 0 Å². The van der Waals surface area contributed by atoms with Crippen molar-refractivity contribution >= 4 is 45.0 Å². The predicted molar refractivity (Wildman–Crippen MR) is 120 cm³/mol. The van der Waals surface area contributed by atoms with E-state index in [9.17, 15) is 18.0 Å². The van der Waals surface area contributed by atoms with Crippen molar-refractivity contribution < 1.29 is 18.0 Å².